The van der Waals surface area contributed by atoms with Gasteiger partial charge in [0, 0.05) is 9.50 Å². The second-order valence-corrected chi connectivity index (χ2v) is 6.98. The standard InChI is InChI=1S/C16H12BrClN2O3S/c1-3-23-16(22)13-8(2)11(7-19)15(24-13)20-14(21)10-5-4-9(18)6-12(10)17/h4-6H,3H2,1-2H3,(H,20,21). The van der Waals surface area contributed by atoms with Crippen LogP contribution in [-0.4, -0.2) is 18.5 Å². The fraction of sp³-hybridized carbons (Fsp3) is 0.188. The van der Waals surface area contributed by atoms with Gasteiger partial charge in [0.1, 0.15) is 15.9 Å². The summed E-state index contributed by atoms with van der Waals surface area (Å²) in [6.07, 6.45) is 0. The molecule has 0 spiro atoms. The van der Waals surface area contributed by atoms with Crippen molar-refractivity contribution in [2.75, 3.05) is 11.9 Å². The number of nitrogens with zero attached hydrogens (tertiary/aromatic N) is 1. The van der Waals surface area contributed by atoms with Gasteiger partial charge in [0.15, 0.2) is 0 Å². The molecule has 0 bridgehead atoms. The highest BCUT2D eigenvalue weighted by atomic mass is 79.9. The van der Waals surface area contributed by atoms with E-state index < -0.39 is 11.9 Å². The molecule has 2 aromatic rings. The van der Waals surface area contributed by atoms with Crippen molar-refractivity contribution in [2.45, 2.75) is 13.8 Å². The van der Waals surface area contributed by atoms with E-state index in [1.54, 1.807) is 32.0 Å². The molecule has 1 aromatic carbocycles. The number of esters is 1. The van der Waals surface area contributed by atoms with E-state index in [0.29, 0.717) is 30.5 Å². The van der Waals surface area contributed by atoms with Crippen LogP contribution in [0.4, 0.5) is 5.00 Å². The maximum Gasteiger partial charge on any atom is 0.348 e. The number of carbonyl (C=O) groups excluding carboxylic acids is 2. The van der Waals surface area contributed by atoms with Gasteiger partial charge in [-0.3, -0.25) is 4.79 Å². The summed E-state index contributed by atoms with van der Waals surface area (Å²) < 4.78 is 5.50. The van der Waals surface area contributed by atoms with Crippen LogP contribution in [0.2, 0.25) is 5.02 Å². The van der Waals surface area contributed by atoms with Crippen LogP contribution in [0.1, 0.15) is 38.1 Å². The zero-order chi connectivity index (χ0) is 17.9. The van der Waals surface area contributed by atoms with Crippen LogP contribution in [0.15, 0.2) is 22.7 Å². The molecule has 1 amide bonds. The summed E-state index contributed by atoms with van der Waals surface area (Å²) in [5, 5.41) is 12.8. The summed E-state index contributed by atoms with van der Waals surface area (Å²) in [6.45, 7) is 3.58. The van der Waals surface area contributed by atoms with Gasteiger partial charge in [-0.15, -0.1) is 11.3 Å². The van der Waals surface area contributed by atoms with Crippen LogP contribution < -0.4 is 5.32 Å². The second-order valence-electron chi connectivity index (χ2n) is 4.67. The molecule has 8 heteroatoms. The van der Waals surface area contributed by atoms with E-state index in [0.717, 1.165) is 11.3 Å². The first-order valence-corrected chi connectivity index (χ1v) is 8.84. The minimum absolute atomic E-state index is 0.234. The third-order valence-electron chi connectivity index (χ3n) is 3.12. The Bertz CT molecular complexity index is 858. The Kier molecular flexibility index (Phi) is 5.99. The average Bonchev–Trinajstić information content (AvgIpc) is 2.83. The number of benzene rings is 1. The molecular formula is C16H12BrClN2O3S. The van der Waals surface area contributed by atoms with Gasteiger partial charge < -0.3 is 10.1 Å². The summed E-state index contributed by atoms with van der Waals surface area (Å²) in [6, 6.07) is 6.78. The Hall–Kier alpha value is -1.88. The zero-order valence-corrected chi connectivity index (χ0v) is 15.9. The van der Waals surface area contributed by atoms with Crippen LogP contribution >= 0.6 is 38.9 Å². The molecule has 0 atom stereocenters. The van der Waals surface area contributed by atoms with Crippen LogP contribution in [0, 0.1) is 18.3 Å². The monoisotopic (exact) mass is 426 g/mol. The minimum Gasteiger partial charge on any atom is -0.462 e. The molecule has 124 valence electrons. The lowest BCUT2D eigenvalue weighted by molar-refractivity contribution is 0.0531. The normalized spacial score (nSPS) is 10.1. The first-order chi connectivity index (χ1) is 11.4. The zero-order valence-electron chi connectivity index (χ0n) is 12.8. The van der Waals surface area contributed by atoms with Gasteiger partial charge >= 0.3 is 5.97 Å². The SMILES string of the molecule is CCOC(=O)c1sc(NC(=O)c2ccc(Cl)cc2Br)c(C#N)c1C. The molecule has 0 fully saturated rings. The van der Waals surface area contributed by atoms with E-state index in [4.69, 9.17) is 16.3 Å². The van der Waals surface area contributed by atoms with Gasteiger partial charge in [-0.05, 0) is 53.5 Å². The molecule has 24 heavy (non-hydrogen) atoms. The maximum absolute atomic E-state index is 12.4. The number of amides is 1. The van der Waals surface area contributed by atoms with Crippen molar-refractivity contribution in [1.29, 1.82) is 5.26 Å². The van der Waals surface area contributed by atoms with Crippen molar-refractivity contribution in [3.8, 4) is 6.07 Å². The Labute approximate surface area is 156 Å². The number of hydrogen-bond donors (Lipinski definition) is 1. The average molecular weight is 428 g/mol. The maximum atomic E-state index is 12.4. The smallest absolute Gasteiger partial charge is 0.348 e. The third-order valence-corrected chi connectivity index (χ3v) is 5.20. The Balaban J connectivity index is 2.35. The van der Waals surface area contributed by atoms with Gasteiger partial charge in [-0.2, -0.15) is 5.26 Å². The van der Waals surface area contributed by atoms with E-state index in [1.165, 1.54) is 0 Å². The van der Waals surface area contributed by atoms with Gasteiger partial charge in [-0.1, -0.05) is 11.6 Å². The predicted molar refractivity (Wildman–Crippen MR) is 96.8 cm³/mol. The molecule has 2 rings (SSSR count). The van der Waals surface area contributed by atoms with Crippen LogP contribution in [-0.2, 0) is 4.74 Å². The predicted octanol–water partition coefficient (Wildman–Crippen LogP) is 4.77. The molecule has 0 radical (unpaired) electrons. The number of nitrogens with one attached hydrogen (secondary N) is 1. The van der Waals surface area contributed by atoms with Gasteiger partial charge in [-0.25, -0.2) is 4.79 Å². The number of halogens is 2. The van der Waals surface area contributed by atoms with Crippen LogP contribution in [0.5, 0.6) is 0 Å². The largest absolute Gasteiger partial charge is 0.462 e. The van der Waals surface area contributed by atoms with Crippen molar-refractivity contribution in [1.82, 2.24) is 0 Å². The van der Waals surface area contributed by atoms with Crippen LogP contribution in [0.3, 0.4) is 0 Å². The first-order valence-electron chi connectivity index (χ1n) is 6.86. The minimum atomic E-state index is -0.510. The summed E-state index contributed by atoms with van der Waals surface area (Å²) in [4.78, 5) is 24.7. The van der Waals surface area contributed by atoms with Gasteiger partial charge in [0.2, 0.25) is 0 Å². The third kappa shape index (κ3) is 3.78. The van der Waals surface area contributed by atoms with Crippen molar-refractivity contribution >= 4 is 55.7 Å². The van der Waals surface area contributed by atoms with Gasteiger partial charge in [0.25, 0.3) is 5.91 Å². The fourth-order valence-electron chi connectivity index (χ4n) is 1.97. The molecule has 0 aliphatic rings. The summed E-state index contributed by atoms with van der Waals surface area (Å²) >= 11 is 10.2. The highest BCUT2D eigenvalue weighted by Crippen LogP contribution is 2.34. The van der Waals surface area contributed by atoms with Crippen molar-refractivity contribution in [2.24, 2.45) is 0 Å². The van der Waals surface area contributed by atoms with E-state index in [1.807, 2.05) is 6.07 Å². The number of ether oxygens (including phenoxy) is 1. The van der Waals surface area contributed by atoms with E-state index >= 15 is 0 Å². The lowest BCUT2D eigenvalue weighted by Gasteiger charge is -2.06. The van der Waals surface area contributed by atoms with Crippen molar-refractivity contribution in [3.05, 3.63) is 49.3 Å². The van der Waals surface area contributed by atoms with E-state index in [-0.39, 0.29) is 12.2 Å². The number of carbonyl (C=O) groups is 2. The molecule has 0 aliphatic heterocycles. The molecule has 0 saturated heterocycles. The lowest BCUT2D eigenvalue weighted by atomic mass is 10.1. The highest BCUT2D eigenvalue weighted by Gasteiger charge is 2.23. The fourth-order valence-corrected chi connectivity index (χ4v) is 3.88. The number of rotatable bonds is 4. The van der Waals surface area contributed by atoms with Gasteiger partial charge in [0.05, 0.1) is 17.7 Å². The molecule has 1 aromatic heterocycles. The Morgan fingerprint density at radius 1 is 1.46 bits per heavy atom. The molecule has 0 unspecified atom stereocenters. The molecular weight excluding hydrogens is 416 g/mol. The first kappa shape index (κ1) is 18.5. The summed E-state index contributed by atoms with van der Waals surface area (Å²) in [7, 11) is 0. The number of nitriles is 1. The Morgan fingerprint density at radius 3 is 2.75 bits per heavy atom. The Morgan fingerprint density at radius 2 is 2.17 bits per heavy atom. The quantitative estimate of drug-likeness (QED) is 0.713. The van der Waals surface area contributed by atoms with Crippen molar-refractivity contribution in [3.63, 3.8) is 0 Å². The number of thiophene rings is 1. The summed E-state index contributed by atoms with van der Waals surface area (Å²) in [5.41, 5.74) is 1.11. The van der Waals surface area contributed by atoms with Crippen molar-refractivity contribution < 1.29 is 14.3 Å². The van der Waals surface area contributed by atoms with Crippen LogP contribution in [0.25, 0.3) is 0 Å². The molecule has 1 N–H and O–H groups in total. The topological polar surface area (TPSA) is 79.2 Å². The molecule has 5 nitrogen and oxygen atoms in total. The van der Waals surface area contributed by atoms with E-state index in [9.17, 15) is 14.9 Å². The van der Waals surface area contributed by atoms with E-state index in [2.05, 4.69) is 21.2 Å². The lowest BCUT2D eigenvalue weighted by Crippen LogP contribution is -2.12. The number of hydrogen-bond acceptors (Lipinski definition) is 5. The summed E-state index contributed by atoms with van der Waals surface area (Å²) in [5.74, 6) is -0.920. The molecule has 1 heterocycles. The molecule has 0 aliphatic carbocycles. The second kappa shape index (κ2) is 7.79. The number of anilines is 1. The highest BCUT2D eigenvalue weighted by molar-refractivity contribution is 9.10. The molecule has 0 saturated carbocycles.